The molecule has 2 atom stereocenters. The van der Waals surface area contributed by atoms with Gasteiger partial charge in [-0.1, -0.05) is 20.8 Å². The predicted molar refractivity (Wildman–Crippen MR) is 66.1 cm³/mol. The second-order valence-corrected chi connectivity index (χ2v) is 4.68. The first-order valence-electron chi connectivity index (χ1n) is 6.11. The molecule has 0 fully saturated rings. The second kappa shape index (κ2) is 8.53. The van der Waals surface area contributed by atoms with Gasteiger partial charge in [-0.3, -0.25) is 4.79 Å². The molecule has 0 aromatic carbocycles. The Bertz CT molecular complexity index is 195. The van der Waals surface area contributed by atoms with Crippen LogP contribution in [-0.2, 0) is 9.53 Å². The zero-order valence-electron chi connectivity index (χ0n) is 11.0. The van der Waals surface area contributed by atoms with Crippen LogP contribution in [0.4, 0.5) is 0 Å². The number of hydrogen-bond donors (Lipinski definition) is 2. The minimum Gasteiger partial charge on any atom is -0.376 e. The van der Waals surface area contributed by atoms with Crippen molar-refractivity contribution in [3.05, 3.63) is 0 Å². The number of rotatable bonds is 9. The Labute approximate surface area is 98.9 Å². The lowest BCUT2D eigenvalue weighted by Gasteiger charge is -2.19. The Hall–Kier alpha value is -0.610. The number of nitrogens with one attached hydrogen (secondary N) is 1. The van der Waals surface area contributed by atoms with Crippen molar-refractivity contribution in [2.24, 2.45) is 11.7 Å². The van der Waals surface area contributed by atoms with E-state index in [0.29, 0.717) is 12.5 Å². The van der Waals surface area contributed by atoms with E-state index in [1.54, 1.807) is 0 Å². The van der Waals surface area contributed by atoms with Crippen LogP contribution in [0.2, 0.25) is 0 Å². The summed E-state index contributed by atoms with van der Waals surface area (Å²) in [5, 5.41) is 3.08. The van der Waals surface area contributed by atoms with Crippen molar-refractivity contribution >= 4 is 5.91 Å². The molecule has 0 heterocycles. The topological polar surface area (TPSA) is 64.3 Å². The number of nitrogens with two attached hydrogens (primary N) is 1. The fourth-order valence-electron chi connectivity index (χ4n) is 1.55. The Kier molecular flexibility index (Phi) is 8.21. The van der Waals surface area contributed by atoms with E-state index in [2.05, 4.69) is 19.2 Å². The molecule has 2 unspecified atom stereocenters. The van der Waals surface area contributed by atoms with Crippen LogP contribution in [0, 0.1) is 5.92 Å². The van der Waals surface area contributed by atoms with Crippen LogP contribution in [0.15, 0.2) is 0 Å². The van der Waals surface area contributed by atoms with E-state index in [1.165, 1.54) is 0 Å². The third-order valence-corrected chi connectivity index (χ3v) is 2.33. The Morgan fingerprint density at radius 2 is 2.00 bits per heavy atom. The maximum absolute atomic E-state index is 11.1. The van der Waals surface area contributed by atoms with Crippen molar-refractivity contribution in [3.63, 3.8) is 0 Å². The molecule has 0 radical (unpaired) electrons. The maximum atomic E-state index is 11.1. The van der Waals surface area contributed by atoms with E-state index < -0.39 is 0 Å². The molecule has 3 N–H and O–H groups in total. The van der Waals surface area contributed by atoms with E-state index in [-0.39, 0.29) is 18.1 Å². The molecule has 0 aliphatic rings. The molecule has 0 saturated heterocycles. The van der Waals surface area contributed by atoms with Crippen LogP contribution in [0.1, 0.15) is 40.5 Å². The number of ether oxygens (including phenoxy) is 1. The van der Waals surface area contributed by atoms with Crippen molar-refractivity contribution in [1.82, 2.24) is 5.32 Å². The summed E-state index contributed by atoms with van der Waals surface area (Å²) < 4.78 is 5.61. The van der Waals surface area contributed by atoms with Gasteiger partial charge < -0.3 is 15.8 Å². The number of hydrogen-bond acceptors (Lipinski definition) is 3. The molecule has 4 nitrogen and oxygen atoms in total. The standard InChI is InChI=1S/C12H26N2O2/c1-5-6-14-11(12(13)15)8-16-10(4)7-9(2)3/h9-11,14H,5-8H2,1-4H3,(H2,13,15). The highest BCUT2D eigenvalue weighted by molar-refractivity contribution is 5.79. The highest BCUT2D eigenvalue weighted by atomic mass is 16.5. The Morgan fingerprint density at radius 1 is 1.38 bits per heavy atom. The molecule has 0 aliphatic heterocycles. The van der Waals surface area contributed by atoms with E-state index in [0.717, 1.165) is 19.4 Å². The number of carbonyl (C=O) groups is 1. The summed E-state index contributed by atoms with van der Waals surface area (Å²) in [5.41, 5.74) is 5.28. The van der Waals surface area contributed by atoms with Crippen LogP contribution in [0.5, 0.6) is 0 Å². The van der Waals surface area contributed by atoms with E-state index in [4.69, 9.17) is 10.5 Å². The summed E-state index contributed by atoms with van der Waals surface area (Å²) in [4.78, 5) is 11.1. The third kappa shape index (κ3) is 7.65. The third-order valence-electron chi connectivity index (χ3n) is 2.33. The molecule has 4 heteroatoms. The monoisotopic (exact) mass is 230 g/mol. The molecule has 96 valence electrons. The zero-order valence-corrected chi connectivity index (χ0v) is 11.0. The lowest BCUT2D eigenvalue weighted by Crippen LogP contribution is -2.45. The van der Waals surface area contributed by atoms with E-state index in [9.17, 15) is 4.79 Å². The molecule has 0 aliphatic carbocycles. The Morgan fingerprint density at radius 3 is 2.44 bits per heavy atom. The fraction of sp³-hybridized carbons (Fsp3) is 0.917. The molecule has 0 saturated carbocycles. The normalized spacial score (nSPS) is 15.1. The SMILES string of the molecule is CCCNC(COC(C)CC(C)C)C(N)=O. The first-order valence-corrected chi connectivity index (χ1v) is 6.11. The minimum atomic E-state index is -0.366. The van der Waals surface area contributed by atoms with Gasteiger partial charge in [-0.25, -0.2) is 0 Å². The van der Waals surface area contributed by atoms with Crippen molar-refractivity contribution in [1.29, 1.82) is 0 Å². The molecule has 0 rings (SSSR count). The van der Waals surface area contributed by atoms with Gasteiger partial charge in [-0.05, 0) is 32.2 Å². The first-order chi connectivity index (χ1) is 7.47. The lowest BCUT2D eigenvalue weighted by molar-refractivity contribution is -0.122. The molecule has 0 aromatic heterocycles. The van der Waals surface area contributed by atoms with Crippen LogP contribution >= 0.6 is 0 Å². The van der Waals surface area contributed by atoms with Gasteiger partial charge in [-0.15, -0.1) is 0 Å². The average molecular weight is 230 g/mol. The van der Waals surface area contributed by atoms with Crippen LogP contribution in [0.3, 0.4) is 0 Å². The smallest absolute Gasteiger partial charge is 0.236 e. The molecule has 0 aromatic rings. The summed E-state index contributed by atoms with van der Waals surface area (Å²) in [5.74, 6) is 0.260. The van der Waals surface area contributed by atoms with E-state index >= 15 is 0 Å². The molecule has 1 amide bonds. The van der Waals surface area contributed by atoms with Gasteiger partial charge in [0.1, 0.15) is 6.04 Å². The van der Waals surface area contributed by atoms with Gasteiger partial charge in [0, 0.05) is 0 Å². The van der Waals surface area contributed by atoms with Gasteiger partial charge in [0.25, 0.3) is 0 Å². The summed E-state index contributed by atoms with van der Waals surface area (Å²) in [6.07, 6.45) is 2.15. The lowest BCUT2D eigenvalue weighted by atomic mass is 10.1. The number of amides is 1. The molecule has 0 spiro atoms. The van der Waals surface area contributed by atoms with Crippen molar-refractivity contribution in [2.75, 3.05) is 13.2 Å². The van der Waals surface area contributed by atoms with Gasteiger partial charge in [0.05, 0.1) is 12.7 Å². The highest BCUT2D eigenvalue weighted by Gasteiger charge is 2.16. The van der Waals surface area contributed by atoms with Gasteiger partial charge in [0.2, 0.25) is 5.91 Å². The molecule has 16 heavy (non-hydrogen) atoms. The first kappa shape index (κ1) is 15.4. The largest absolute Gasteiger partial charge is 0.376 e. The van der Waals surface area contributed by atoms with Crippen LogP contribution < -0.4 is 11.1 Å². The summed E-state index contributed by atoms with van der Waals surface area (Å²) in [6, 6.07) is -0.366. The van der Waals surface area contributed by atoms with E-state index in [1.807, 2.05) is 13.8 Å². The average Bonchev–Trinajstić information content (AvgIpc) is 2.16. The summed E-state index contributed by atoms with van der Waals surface area (Å²) in [6.45, 7) is 9.53. The highest BCUT2D eigenvalue weighted by Crippen LogP contribution is 2.07. The van der Waals surface area contributed by atoms with Crippen molar-refractivity contribution in [3.8, 4) is 0 Å². The van der Waals surface area contributed by atoms with Crippen LogP contribution in [-0.4, -0.2) is 31.2 Å². The summed E-state index contributed by atoms with van der Waals surface area (Å²) >= 11 is 0. The van der Waals surface area contributed by atoms with Crippen molar-refractivity contribution < 1.29 is 9.53 Å². The number of carbonyl (C=O) groups excluding carboxylic acids is 1. The predicted octanol–water partition coefficient (Wildman–Crippen LogP) is 1.29. The zero-order chi connectivity index (χ0) is 12.6. The van der Waals surface area contributed by atoms with Crippen LogP contribution in [0.25, 0.3) is 0 Å². The van der Waals surface area contributed by atoms with Gasteiger partial charge in [0.15, 0.2) is 0 Å². The fourth-order valence-corrected chi connectivity index (χ4v) is 1.55. The van der Waals surface area contributed by atoms with Crippen molar-refractivity contribution in [2.45, 2.75) is 52.7 Å². The maximum Gasteiger partial charge on any atom is 0.236 e. The molecule has 0 bridgehead atoms. The summed E-state index contributed by atoms with van der Waals surface area (Å²) in [7, 11) is 0. The molecular formula is C12H26N2O2. The van der Waals surface area contributed by atoms with Gasteiger partial charge in [-0.2, -0.15) is 0 Å². The molecular weight excluding hydrogens is 204 g/mol. The quantitative estimate of drug-likeness (QED) is 0.627. The minimum absolute atomic E-state index is 0.172. The second-order valence-electron chi connectivity index (χ2n) is 4.68. The number of primary amides is 1. The Balaban J connectivity index is 3.87. The van der Waals surface area contributed by atoms with Gasteiger partial charge >= 0.3 is 0 Å².